The molecule has 0 radical (unpaired) electrons. The zero-order valence-corrected chi connectivity index (χ0v) is 24.1. The first-order valence-electron chi connectivity index (χ1n) is 13.3. The van der Waals surface area contributed by atoms with E-state index in [1.165, 1.54) is 24.2 Å². The second kappa shape index (κ2) is 14.7. The number of hydrogen-bond donors (Lipinski definition) is 1. The summed E-state index contributed by atoms with van der Waals surface area (Å²) < 4.78 is 14.1. The summed E-state index contributed by atoms with van der Waals surface area (Å²) in [4.78, 5) is 29.2. The van der Waals surface area contributed by atoms with Gasteiger partial charge in [0.2, 0.25) is 11.8 Å². The molecule has 4 rings (SSSR count). The molecule has 0 aromatic heterocycles. The molecule has 3 aromatic rings. The highest BCUT2D eigenvalue weighted by Gasteiger charge is 2.32. The van der Waals surface area contributed by atoms with Crippen molar-refractivity contribution in [2.24, 2.45) is 0 Å². The lowest BCUT2D eigenvalue weighted by molar-refractivity contribution is -0.139. The summed E-state index contributed by atoms with van der Waals surface area (Å²) in [5.41, 5.74) is 2.29. The third-order valence-corrected chi connectivity index (χ3v) is 8.71. The van der Waals surface area contributed by atoms with Gasteiger partial charge in [-0.3, -0.25) is 9.59 Å². The molecule has 0 unspecified atom stereocenters. The Labute approximate surface area is 244 Å². The standard InChI is InChI=1S/C31H33Cl2FN2O2S/c32-26-16-15-23(17-27(26)33)19-36(30(37)21-39-20-24-11-7-8-14-28(24)34)29(18-22-9-3-1-4-10-22)31(38)35-25-12-5-2-6-13-25/h1,3-4,7-11,14-17,25,29H,2,5-6,12-13,18-21H2,(H,35,38)/t29-/m0/s1. The van der Waals surface area contributed by atoms with Crippen molar-refractivity contribution in [3.63, 3.8) is 0 Å². The van der Waals surface area contributed by atoms with E-state index < -0.39 is 6.04 Å². The lowest BCUT2D eigenvalue weighted by Crippen LogP contribution is -2.53. The highest BCUT2D eigenvalue weighted by atomic mass is 35.5. The fourth-order valence-corrected chi connectivity index (χ4v) is 6.10. The summed E-state index contributed by atoms with van der Waals surface area (Å²) in [6.45, 7) is 0.200. The molecule has 4 nitrogen and oxygen atoms in total. The lowest BCUT2D eigenvalue weighted by atomic mass is 9.94. The lowest BCUT2D eigenvalue weighted by Gasteiger charge is -2.33. The Balaban J connectivity index is 1.59. The zero-order valence-electron chi connectivity index (χ0n) is 21.8. The van der Waals surface area contributed by atoms with Crippen molar-refractivity contribution in [1.82, 2.24) is 10.2 Å². The Morgan fingerprint density at radius 1 is 0.923 bits per heavy atom. The Hall–Kier alpha value is -2.54. The van der Waals surface area contributed by atoms with E-state index in [1.807, 2.05) is 36.4 Å². The van der Waals surface area contributed by atoms with Crippen molar-refractivity contribution < 1.29 is 14.0 Å². The van der Waals surface area contributed by atoms with Crippen molar-refractivity contribution in [3.05, 3.63) is 105 Å². The van der Waals surface area contributed by atoms with Crippen LogP contribution in [0.3, 0.4) is 0 Å². The molecule has 1 N–H and O–H groups in total. The Morgan fingerprint density at radius 2 is 1.64 bits per heavy atom. The van der Waals surface area contributed by atoms with Crippen LogP contribution in [0.1, 0.15) is 48.8 Å². The molecule has 1 aliphatic carbocycles. The van der Waals surface area contributed by atoms with Gasteiger partial charge in [-0.05, 0) is 47.7 Å². The maximum Gasteiger partial charge on any atom is 0.243 e. The molecule has 39 heavy (non-hydrogen) atoms. The van der Waals surface area contributed by atoms with E-state index in [9.17, 15) is 14.0 Å². The quantitative estimate of drug-likeness (QED) is 0.254. The fraction of sp³-hybridized carbons (Fsp3) is 0.355. The minimum atomic E-state index is -0.717. The molecule has 1 atom stereocenters. The Bertz CT molecular complexity index is 1250. The van der Waals surface area contributed by atoms with Crippen LogP contribution in [0.25, 0.3) is 0 Å². The third kappa shape index (κ3) is 8.72. The van der Waals surface area contributed by atoms with E-state index in [0.29, 0.717) is 27.8 Å². The van der Waals surface area contributed by atoms with Gasteiger partial charge in [0.15, 0.2) is 0 Å². The first-order chi connectivity index (χ1) is 18.9. The van der Waals surface area contributed by atoms with Gasteiger partial charge >= 0.3 is 0 Å². The number of thioether (sulfide) groups is 1. The first-order valence-corrected chi connectivity index (χ1v) is 15.2. The molecule has 206 valence electrons. The second-order valence-corrected chi connectivity index (χ2v) is 11.7. The molecule has 0 saturated heterocycles. The average Bonchev–Trinajstić information content (AvgIpc) is 2.94. The fourth-order valence-electron chi connectivity index (χ4n) is 4.88. The van der Waals surface area contributed by atoms with Crippen molar-refractivity contribution in [3.8, 4) is 0 Å². The minimum Gasteiger partial charge on any atom is -0.352 e. The molecule has 3 aromatic carbocycles. The van der Waals surface area contributed by atoms with E-state index in [2.05, 4.69) is 5.32 Å². The third-order valence-electron chi connectivity index (χ3n) is 7.00. The van der Waals surface area contributed by atoms with Crippen LogP contribution in [-0.4, -0.2) is 34.6 Å². The van der Waals surface area contributed by atoms with E-state index >= 15 is 0 Å². The number of nitrogens with one attached hydrogen (secondary N) is 1. The van der Waals surface area contributed by atoms with E-state index in [4.69, 9.17) is 23.2 Å². The first kappa shape index (κ1) is 29.4. The topological polar surface area (TPSA) is 49.4 Å². The van der Waals surface area contributed by atoms with Crippen LogP contribution in [-0.2, 0) is 28.3 Å². The summed E-state index contributed by atoms with van der Waals surface area (Å²) in [7, 11) is 0. The van der Waals surface area contributed by atoms with Crippen LogP contribution in [0.4, 0.5) is 4.39 Å². The number of hydrogen-bond acceptors (Lipinski definition) is 3. The van der Waals surface area contributed by atoms with Gasteiger partial charge in [-0.15, -0.1) is 11.8 Å². The molecule has 0 heterocycles. The van der Waals surface area contributed by atoms with Gasteiger partial charge < -0.3 is 10.2 Å². The maximum atomic E-state index is 14.1. The maximum absolute atomic E-state index is 14.1. The van der Waals surface area contributed by atoms with Gasteiger partial charge in [-0.25, -0.2) is 4.39 Å². The van der Waals surface area contributed by atoms with Crippen molar-refractivity contribution in [2.45, 2.75) is 62.9 Å². The molecule has 0 aliphatic heterocycles. The predicted molar refractivity (Wildman–Crippen MR) is 159 cm³/mol. The van der Waals surface area contributed by atoms with Crippen molar-refractivity contribution in [2.75, 3.05) is 5.75 Å². The number of rotatable bonds is 11. The molecule has 8 heteroatoms. The van der Waals surface area contributed by atoms with E-state index in [1.54, 1.807) is 35.2 Å². The highest BCUT2D eigenvalue weighted by molar-refractivity contribution is 7.99. The Kier molecular flexibility index (Phi) is 11.1. The average molecular weight is 588 g/mol. The van der Waals surface area contributed by atoms with Gasteiger partial charge in [-0.1, -0.05) is 97.1 Å². The molecule has 1 aliphatic rings. The van der Waals surface area contributed by atoms with Crippen LogP contribution in [0.2, 0.25) is 10.0 Å². The van der Waals surface area contributed by atoms with Gasteiger partial charge in [0.1, 0.15) is 11.9 Å². The number of halogens is 3. The van der Waals surface area contributed by atoms with Crippen LogP contribution < -0.4 is 5.32 Å². The summed E-state index contributed by atoms with van der Waals surface area (Å²) in [6, 6.07) is 20.9. The summed E-state index contributed by atoms with van der Waals surface area (Å²) in [5.74, 6) is -0.173. The number of benzene rings is 3. The van der Waals surface area contributed by atoms with Crippen LogP contribution >= 0.6 is 35.0 Å². The van der Waals surface area contributed by atoms with Gasteiger partial charge in [0.05, 0.1) is 15.8 Å². The van der Waals surface area contributed by atoms with E-state index in [0.717, 1.165) is 36.8 Å². The van der Waals surface area contributed by atoms with E-state index in [-0.39, 0.29) is 36.0 Å². The summed E-state index contributed by atoms with van der Waals surface area (Å²) in [6.07, 6.45) is 5.64. The van der Waals surface area contributed by atoms with Crippen LogP contribution in [0.5, 0.6) is 0 Å². The summed E-state index contributed by atoms with van der Waals surface area (Å²) >= 11 is 13.8. The van der Waals surface area contributed by atoms with Crippen molar-refractivity contribution in [1.29, 1.82) is 0 Å². The van der Waals surface area contributed by atoms with Crippen LogP contribution in [0.15, 0.2) is 72.8 Å². The van der Waals surface area contributed by atoms with Gasteiger partial charge in [-0.2, -0.15) is 0 Å². The Morgan fingerprint density at radius 3 is 2.36 bits per heavy atom. The minimum absolute atomic E-state index is 0.109. The SMILES string of the molecule is O=C(NC1CCCCC1)[C@H](Cc1ccccc1)N(Cc1ccc(Cl)c(Cl)c1)C(=O)CSCc1ccccc1F. The molecule has 1 saturated carbocycles. The number of nitrogens with zero attached hydrogens (tertiary/aromatic N) is 1. The molecular formula is C31H33Cl2FN2O2S. The summed E-state index contributed by atoms with van der Waals surface area (Å²) in [5, 5.41) is 4.05. The molecule has 0 spiro atoms. The highest BCUT2D eigenvalue weighted by Crippen LogP contribution is 2.26. The molecular weight excluding hydrogens is 554 g/mol. The van der Waals surface area contributed by atoms with Crippen LogP contribution in [0, 0.1) is 5.82 Å². The smallest absolute Gasteiger partial charge is 0.243 e. The largest absolute Gasteiger partial charge is 0.352 e. The monoisotopic (exact) mass is 586 g/mol. The van der Waals surface area contributed by atoms with Gasteiger partial charge in [0, 0.05) is 24.8 Å². The molecule has 2 amide bonds. The second-order valence-electron chi connectivity index (χ2n) is 9.90. The van der Waals surface area contributed by atoms with Gasteiger partial charge in [0.25, 0.3) is 0 Å². The zero-order chi connectivity index (χ0) is 27.6. The predicted octanol–water partition coefficient (Wildman–Crippen LogP) is 7.45. The number of carbonyl (C=O) groups excluding carboxylic acids is 2. The van der Waals surface area contributed by atoms with Crippen molar-refractivity contribution >= 4 is 46.8 Å². The molecule has 1 fully saturated rings. The molecule has 0 bridgehead atoms. The normalized spacial score (nSPS) is 14.5. The number of carbonyl (C=O) groups is 2. The number of amides is 2.